The van der Waals surface area contributed by atoms with Gasteiger partial charge in [0.2, 0.25) is 5.82 Å². The Morgan fingerprint density at radius 3 is 2.43 bits per heavy atom. The first-order valence-corrected chi connectivity index (χ1v) is 16.6. The maximum absolute atomic E-state index is 15.3. The van der Waals surface area contributed by atoms with Gasteiger partial charge in [-0.1, -0.05) is 12.0 Å². The molecule has 2 aromatic carbocycles. The molecule has 1 fully saturated rings. The monoisotopic (exact) mass is 749 g/mol. The summed E-state index contributed by atoms with van der Waals surface area (Å²) in [6.45, 7) is 1.99. The van der Waals surface area contributed by atoms with E-state index in [0.29, 0.717) is 16.3 Å². The number of aromatic nitrogens is 5. The number of benzene rings is 2. The second kappa shape index (κ2) is 13.6. The topological polar surface area (TPSA) is 90.6 Å². The van der Waals surface area contributed by atoms with Crippen molar-refractivity contribution in [1.29, 1.82) is 0 Å². The van der Waals surface area contributed by atoms with Crippen molar-refractivity contribution in [3.63, 3.8) is 0 Å². The molecule has 0 N–H and O–H groups in total. The second-order valence-electron chi connectivity index (χ2n) is 13.5. The Balaban J connectivity index is 1.34. The lowest BCUT2D eigenvalue weighted by Gasteiger charge is -2.21. The zero-order valence-electron chi connectivity index (χ0n) is 28.4. The van der Waals surface area contributed by atoms with E-state index in [1.165, 1.54) is 24.5 Å². The number of ketones is 2. The van der Waals surface area contributed by atoms with Gasteiger partial charge in [0.1, 0.15) is 29.7 Å². The zero-order valence-corrected chi connectivity index (χ0v) is 28.4. The molecule has 1 saturated carbocycles. The number of pyridine rings is 1. The smallest absolute Gasteiger partial charge is 0.298 e. The van der Waals surface area contributed by atoms with E-state index in [1.807, 2.05) is 6.92 Å². The lowest BCUT2D eigenvalue weighted by atomic mass is 9.87. The van der Waals surface area contributed by atoms with Gasteiger partial charge >= 0.3 is 6.18 Å². The van der Waals surface area contributed by atoms with Gasteiger partial charge in [0, 0.05) is 59.6 Å². The van der Waals surface area contributed by atoms with E-state index < -0.39 is 88.8 Å². The molecule has 2 aliphatic carbocycles. The normalized spacial score (nSPS) is 17.3. The summed E-state index contributed by atoms with van der Waals surface area (Å²) in [6, 6.07) is 8.02. The Morgan fingerprint density at radius 2 is 1.74 bits per heavy atom. The predicted molar refractivity (Wildman–Crippen MR) is 177 cm³/mol. The molecule has 0 aliphatic heterocycles. The average Bonchev–Trinajstić information content (AvgIpc) is 3.74. The number of rotatable bonds is 9. The fourth-order valence-corrected chi connectivity index (χ4v) is 7.08. The Morgan fingerprint density at radius 1 is 1.00 bits per heavy atom. The van der Waals surface area contributed by atoms with Gasteiger partial charge in [-0.15, -0.1) is 0 Å². The van der Waals surface area contributed by atoms with E-state index in [9.17, 15) is 35.9 Å². The van der Waals surface area contributed by atoms with Crippen LogP contribution in [0.25, 0.3) is 11.1 Å². The molecule has 3 atom stereocenters. The maximum atomic E-state index is 15.3. The van der Waals surface area contributed by atoms with Crippen LogP contribution in [-0.2, 0) is 29.9 Å². The molecular weight excluding hydrogens is 722 g/mol. The van der Waals surface area contributed by atoms with Crippen LogP contribution in [0.1, 0.15) is 87.1 Å². The SMILES string of the molecule is CC(=O)c1cc(-c2cnc(C#Cc3cncc(C)c3)nc2[C@@H](CC(=O)Cn2nc(C(F)(F)F)c3c2C(F)(F)[C@@H]2C[C@H]32)Cc2cc(F)cc(F)c2)ccc1F. The Kier molecular flexibility index (Phi) is 9.19. The molecule has 0 bridgehead atoms. The highest BCUT2D eigenvalue weighted by Crippen LogP contribution is 2.68. The number of alkyl halides is 5. The Bertz CT molecular complexity index is 2390. The first kappa shape index (κ1) is 36.6. The Hall–Kier alpha value is -5.78. The first-order chi connectivity index (χ1) is 25.5. The quantitative estimate of drug-likeness (QED) is 0.0857. The van der Waals surface area contributed by atoms with Crippen molar-refractivity contribution in [3.05, 3.63) is 129 Å². The number of hydrogen-bond acceptors (Lipinski definition) is 6. The van der Waals surface area contributed by atoms with Gasteiger partial charge in [0.05, 0.1) is 11.3 Å². The molecule has 0 saturated heterocycles. The lowest BCUT2D eigenvalue weighted by Crippen LogP contribution is -2.24. The van der Waals surface area contributed by atoms with Gasteiger partial charge < -0.3 is 0 Å². The van der Waals surface area contributed by atoms with Crippen molar-refractivity contribution in [2.75, 3.05) is 0 Å². The van der Waals surface area contributed by atoms with Crippen LogP contribution in [0.4, 0.5) is 35.1 Å². The van der Waals surface area contributed by atoms with Gasteiger partial charge in [-0.25, -0.2) is 23.1 Å². The van der Waals surface area contributed by atoms with Gasteiger partial charge in [0.15, 0.2) is 17.3 Å². The highest BCUT2D eigenvalue weighted by molar-refractivity contribution is 5.95. The zero-order chi connectivity index (χ0) is 38.7. The highest BCUT2D eigenvalue weighted by atomic mass is 19.4. The van der Waals surface area contributed by atoms with E-state index in [0.717, 1.165) is 30.7 Å². The number of Topliss-reactive ketones (excluding diaryl/α,β-unsaturated/α-hetero) is 2. The number of carbonyl (C=O) groups excluding carboxylic acids is 2. The summed E-state index contributed by atoms with van der Waals surface area (Å²) in [6.07, 6.45) is -1.63. The number of nitrogens with zero attached hydrogens (tertiary/aromatic N) is 5. The van der Waals surface area contributed by atoms with Crippen LogP contribution in [0.15, 0.2) is 61.1 Å². The summed E-state index contributed by atoms with van der Waals surface area (Å²) in [4.78, 5) is 39.1. The molecule has 7 rings (SSSR count). The van der Waals surface area contributed by atoms with Crippen molar-refractivity contribution in [2.24, 2.45) is 5.92 Å². The molecule has 276 valence electrons. The van der Waals surface area contributed by atoms with E-state index in [2.05, 4.69) is 31.9 Å². The molecule has 54 heavy (non-hydrogen) atoms. The standard InChI is InChI=1S/C39H27F8N5O2/c1-19-7-21(16-48-15-19)3-6-33-49-17-30(23-4-5-32(42)28(12-23)20(2)53)35(50-33)24(8-22-9-25(40)13-26(41)10-22)11-27(54)18-52-37-34(36(51-52)39(45,46)47)29-14-31(29)38(37,43)44/h4-5,7,9-10,12-13,15-17,24,29,31H,8,11,14,18H2,1-2H3/t24-,29+,31-/m1/s1. The van der Waals surface area contributed by atoms with Crippen LogP contribution in [0.3, 0.4) is 0 Å². The van der Waals surface area contributed by atoms with Crippen molar-refractivity contribution in [3.8, 4) is 23.0 Å². The number of fused-ring (bicyclic) bond motifs is 3. The summed E-state index contributed by atoms with van der Waals surface area (Å²) in [5.41, 5.74) is -1.49. The van der Waals surface area contributed by atoms with Crippen LogP contribution in [-0.4, -0.2) is 36.3 Å². The van der Waals surface area contributed by atoms with E-state index in [1.54, 1.807) is 12.3 Å². The molecule has 3 aromatic heterocycles. The van der Waals surface area contributed by atoms with E-state index in [4.69, 9.17) is 0 Å². The van der Waals surface area contributed by atoms with Gasteiger partial charge in [-0.05, 0) is 85.5 Å². The van der Waals surface area contributed by atoms with Crippen LogP contribution < -0.4 is 0 Å². The number of halogens is 8. The third-order valence-corrected chi connectivity index (χ3v) is 9.46. The molecule has 0 spiro atoms. The summed E-state index contributed by atoms with van der Waals surface area (Å²) in [7, 11) is 0. The molecule has 0 amide bonds. The minimum Gasteiger partial charge on any atom is -0.298 e. The third-order valence-electron chi connectivity index (χ3n) is 9.46. The molecule has 5 aromatic rings. The van der Waals surface area contributed by atoms with Gasteiger partial charge in [-0.2, -0.15) is 27.1 Å². The second-order valence-corrected chi connectivity index (χ2v) is 13.5. The Labute approximate surface area is 302 Å². The summed E-state index contributed by atoms with van der Waals surface area (Å²) in [5, 5.41) is 3.45. The minimum absolute atomic E-state index is 0.0454. The predicted octanol–water partition coefficient (Wildman–Crippen LogP) is 8.28. The summed E-state index contributed by atoms with van der Waals surface area (Å²) in [5.74, 6) is -5.67. The number of aryl methyl sites for hydroxylation is 1. The van der Waals surface area contributed by atoms with E-state index >= 15 is 8.78 Å². The third kappa shape index (κ3) is 7.12. The van der Waals surface area contributed by atoms with Crippen molar-refractivity contribution >= 4 is 11.6 Å². The summed E-state index contributed by atoms with van der Waals surface area (Å²) < 4.78 is 116. The number of hydrogen-bond donors (Lipinski definition) is 0. The minimum atomic E-state index is -5.05. The lowest BCUT2D eigenvalue weighted by molar-refractivity contribution is -0.142. The molecule has 15 heteroatoms. The van der Waals surface area contributed by atoms with E-state index in [-0.39, 0.29) is 46.6 Å². The van der Waals surface area contributed by atoms with Gasteiger partial charge in [-0.3, -0.25) is 19.3 Å². The van der Waals surface area contributed by atoms with Crippen LogP contribution in [0.5, 0.6) is 0 Å². The first-order valence-electron chi connectivity index (χ1n) is 16.6. The molecule has 2 aliphatic rings. The molecule has 3 heterocycles. The van der Waals surface area contributed by atoms with Crippen molar-refractivity contribution < 1.29 is 44.7 Å². The highest BCUT2D eigenvalue weighted by Gasteiger charge is 2.68. The van der Waals surface area contributed by atoms with Crippen LogP contribution >= 0.6 is 0 Å². The van der Waals surface area contributed by atoms with Crippen molar-refractivity contribution in [2.45, 2.75) is 63.6 Å². The van der Waals surface area contributed by atoms with Crippen molar-refractivity contribution in [1.82, 2.24) is 24.7 Å². The molecular formula is C39H27F8N5O2. The van der Waals surface area contributed by atoms with Crippen LogP contribution in [0, 0.1) is 42.1 Å². The summed E-state index contributed by atoms with van der Waals surface area (Å²) >= 11 is 0. The maximum Gasteiger partial charge on any atom is 0.435 e. The molecule has 0 unspecified atom stereocenters. The van der Waals surface area contributed by atoms with Crippen LogP contribution in [0.2, 0.25) is 0 Å². The molecule has 0 radical (unpaired) electrons. The fraction of sp³-hybridized carbons (Fsp3) is 0.282. The fourth-order valence-electron chi connectivity index (χ4n) is 7.08. The molecule has 7 nitrogen and oxygen atoms in total. The van der Waals surface area contributed by atoms with Gasteiger partial charge in [0.25, 0.3) is 5.92 Å². The number of carbonyl (C=O) groups is 2. The average molecular weight is 750 g/mol. The largest absolute Gasteiger partial charge is 0.435 e.